The first kappa shape index (κ1) is 18.4. The Morgan fingerprint density at radius 2 is 2.12 bits per heavy atom. The molecule has 1 atom stereocenters. The Labute approximate surface area is 152 Å². The van der Waals surface area contributed by atoms with Crippen LogP contribution in [-0.2, 0) is 14.8 Å². The Morgan fingerprint density at radius 1 is 1.38 bits per heavy atom. The van der Waals surface area contributed by atoms with Gasteiger partial charge in [-0.05, 0) is 51.0 Å². The summed E-state index contributed by atoms with van der Waals surface area (Å²) in [7, 11) is -3.78. The SMILES string of the molecule is CCOc1ccc(S(=O)(=O)N2CCC[C@H]2C(=O)Nc2cc(C)on2)cc1. The molecule has 1 aliphatic heterocycles. The van der Waals surface area contributed by atoms with Crippen molar-refractivity contribution in [3.63, 3.8) is 0 Å². The third-order valence-electron chi connectivity index (χ3n) is 4.13. The number of hydrogen-bond acceptors (Lipinski definition) is 6. The van der Waals surface area contributed by atoms with E-state index in [9.17, 15) is 13.2 Å². The average Bonchev–Trinajstić information content (AvgIpc) is 3.25. The van der Waals surface area contributed by atoms with Crippen molar-refractivity contribution in [3.05, 3.63) is 36.1 Å². The van der Waals surface area contributed by atoms with Crippen LogP contribution in [0, 0.1) is 6.92 Å². The molecule has 26 heavy (non-hydrogen) atoms. The lowest BCUT2D eigenvalue weighted by Crippen LogP contribution is -2.43. The minimum Gasteiger partial charge on any atom is -0.494 e. The van der Waals surface area contributed by atoms with Crippen molar-refractivity contribution in [1.82, 2.24) is 9.46 Å². The van der Waals surface area contributed by atoms with Gasteiger partial charge in [0.25, 0.3) is 0 Å². The maximum absolute atomic E-state index is 12.9. The summed E-state index contributed by atoms with van der Waals surface area (Å²) in [6.07, 6.45) is 1.07. The lowest BCUT2D eigenvalue weighted by Gasteiger charge is -2.23. The molecule has 3 rings (SSSR count). The number of nitrogens with zero attached hydrogens (tertiary/aromatic N) is 2. The number of ether oxygens (including phenoxy) is 1. The molecule has 1 N–H and O–H groups in total. The van der Waals surface area contributed by atoms with Gasteiger partial charge in [0.1, 0.15) is 17.6 Å². The first-order valence-corrected chi connectivity index (χ1v) is 9.84. The average molecular weight is 379 g/mol. The van der Waals surface area contributed by atoms with Crippen LogP contribution in [0.5, 0.6) is 5.75 Å². The number of nitrogens with one attached hydrogen (secondary N) is 1. The number of hydrogen-bond donors (Lipinski definition) is 1. The van der Waals surface area contributed by atoms with Gasteiger partial charge in [-0.1, -0.05) is 5.16 Å². The van der Waals surface area contributed by atoms with E-state index in [4.69, 9.17) is 9.26 Å². The molecule has 0 aliphatic carbocycles. The second-order valence-electron chi connectivity index (χ2n) is 5.99. The number of carbonyl (C=O) groups excluding carboxylic acids is 1. The highest BCUT2D eigenvalue weighted by Crippen LogP contribution is 2.28. The van der Waals surface area contributed by atoms with Gasteiger partial charge in [0.05, 0.1) is 11.5 Å². The van der Waals surface area contributed by atoms with Gasteiger partial charge in [-0.2, -0.15) is 4.31 Å². The van der Waals surface area contributed by atoms with Crippen LogP contribution in [0.1, 0.15) is 25.5 Å². The van der Waals surface area contributed by atoms with Crippen LogP contribution in [0.15, 0.2) is 39.8 Å². The minimum atomic E-state index is -3.78. The fraction of sp³-hybridized carbons (Fsp3) is 0.412. The van der Waals surface area contributed by atoms with Gasteiger partial charge in [-0.3, -0.25) is 4.79 Å². The number of anilines is 1. The van der Waals surface area contributed by atoms with E-state index in [1.165, 1.54) is 16.4 Å². The highest BCUT2D eigenvalue weighted by atomic mass is 32.2. The predicted molar refractivity (Wildman–Crippen MR) is 94.4 cm³/mol. The van der Waals surface area contributed by atoms with Crippen LogP contribution < -0.4 is 10.1 Å². The van der Waals surface area contributed by atoms with E-state index in [2.05, 4.69) is 10.5 Å². The molecule has 2 heterocycles. The standard InChI is InChI=1S/C17H21N3O5S/c1-3-24-13-6-8-14(9-7-13)26(22,23)20-10-4-5-15(20)17(21)18-16-11-12(2)25-19-16/h6-9,11,15H,3-5,10H2,1-2H3,(H,18,19,21)/t15-/m0/s1. The summed E-state index contributed by atoms with van der Waals surface area (Å²) < 4.78 is 37.4. The molecule has 140 valence electrons. The number of aryl methyl sites for hydroxylation is 1. The summed E-state index contributed by atoms with van der Waals surface area (Å²) in [4.78, 5) is 12.7. The summed E-state index contributed by atoms with van der Waals surface area (Å²) in [6.45, 7) is 4.36. The van der Waals surface area contributed by atoms with E-state index < -0.39 is 22.0 Å². The van der Waals surface area contributed by atoms with Gasteiger partial charge < -0.3 is 14.6 Å². The highest BCUT2D eigenvalue weighted by molar-refractivity contribution is 7.89. The number of aromatic nitrogens is 1. The maximum Gasteiger partial charge on any atom is 0.244 e. The number of sulfonamides is 1. The van der Waals surface area contributed by atoms with Crippen LogP contribution >= 0.6 is 0 Å². The van der Waals surface area contributed by atoms with Gasteiger partial charge >= 0.3 is 0 Å². The summed E-state index contributed by atoms with van der Waals surface area (Å²) >= 11 is 0. The molecular weight excluding hydrogens is 358 g/mol. The molecule has 0 bridgehead atoms. The number of amides is 1. The van der Waals surface area contributed by atoms with Crippen LogP contribution in [-0.4, -0.2) is 43.0 Å². The second-order valence-corrected chi connectivity index (χ2v) is 7.88. The van der Waals surface area contributed by atoms with Gasteiger partial charge in [0.2, 0.25) is 15.9 Å². The zero-order chi connectivity index (χ0) is 18.7. The molecule has 0 saturated carbocycles. The molecule has 9 heteroatoms. The van der Waals surface area contributed by atoms with E-state index in [1.54, 1.807) is 25.1 Å². The van der Waals surface area contributed by atoms with E-state index in [0.717, 1.165) is 0 Å². The van der Waals surface area contributed by atoms with E-state index in [-0.39, 0.29) is 10.7 Å². The third-order valence-corrected chi connectivity index (χ3v) is 6.05. The molecule has 2 aromatic rings. The van der Waals surface area contributed by atoms with Gasteiger partial charge in [-0.25, -0.2) is 8.42 Å². The monoisotopic (exact) mass is 379 g/mol. The number of benzene rings is 1. The van der Waals surface area contributed by atoms with Crippen molar-refractivity contribution < 1.29 is 22.5 Å². The molecule has 1 amide bonds. The van der Waals surface area contributed by atoms with Crippen molar-refractivity contribution in [2.45, 2.75) is 37.6 Å². The maximum atomic E-state index is 12.9. The summed E-state index contributed by atoms with van der Waals surface area (Å²) in [5.41, 5.74) is 0. The molecule has 0 spiro atoms. The van der Waals surface area contributed by atoms with Gasteiger partial charge in [0, 0.05) is 12.6 Å². The van der Waals surface area contributed by atoms with Crippen molar-refractivity contribution in [3.8, 4) is 5.75 Å². The first-order valence-electron chi connectivity index (χ1n) is 8.40. The smallest absolute Gasteiger partial charge is 0.244 e. The zero-order valence-corrected chi connectivity index (χ0v) is 15.5. The minimum absolute atomic E-state index is 0.137. The molecule has 8 nitrogen and oxygen atoms in total. The Kier molecular flexibility index (Phi) is 5.28. The predicted octanol–water partition coefficient (Wildman–Crippen LogP) is 2.17. The van der Waals surface area contributed by atoms with Crippen molar-refractivity contribution >= 4 is 21.7 Å². The third kappa shape index (κ3) is 3.73. The first-order chi connectivity index (χ1) is 12.4. The normalized spacial score (nSPS) is 18.0. The molecule has 1 aliphatic rings. The Bertz CT molecular complexity index is 876. The van der Waals surface area contributed by atoms with Crippen LogP contribution in [0.3, 0.4) is 0 Å². The quantitative estimate of drug-likeness (QED) is 0.825. The number of rotatable bonds is 6. The molecular formula is C17H21N3O5S. The van der Waals surface area contributed by atoms with Crippen LogP contribution in [0.4, 0.5) is 5.82 Å². The summed E-state index contributed by atoms with van der Waals surface area (Å²) in [5, 5.41) is 6.33. The largest absolute Gasteiger partial charge is 0.494 e. The molecule has 1 aromatic carbocycles. The van der Waals surface area contributed by atoms with Crippen LogP contribution in [0.2, 0.25) is 0 Å². The lowest BCUT2D eigenvalue weighted by atomic mass is 10.2. The topological polar surface area (TPSA) is 102 Å². The zero-order valence-electron chi connectivity index (χ0n) is 14.6. The molecule has 1 saturated heterocycles. The van der Waals surface area contributed by atoms with E-state index in [0.29, 0.717) is 37.5 Å². The molecule has 0 unspecified atom stereocenters. The molecule has 1 fully saturated rings. The molecule has 0 radical (unpaired) electrons. The summed E-state index contributed by atoms with van der Waals surface area (Å²) in [6, 6.07) is 7.02. The highest BCUT2D eigenvalue weighted by Gasteiger charge is 2.39. The van der Waals surface area contributed by atoms with Crippen molar-refractivity contribution in [2.24, 2.45) is 0 Å². The van der Waals surface area contributed by atoms with E-state index >= 15 is 0 Å². The van der Waals surface area contributed by atoms with Crippen LogP contribution in [0.25, 0.3) is 0 Å². The molecule has 1 aromatic heterocycles. The second kappa shape index (κ2) is 7.46. The lowest BCUT2D eigenvalue weighted by molar-refractivity contribution is -0.119. The van der Waals surface area contributed by atoms with Crippen molar-refractivity contribution in [2.75, 3.05) is 18.5 Å². The van der Waals surface area contributed by atoms with E-state index in [1.807, 2.05) is 6.92 Å². The summed E-state index contributed by atoms with van der Waals surface area (Å²) in [5.74, 6) is 1.03. The Balaban J connectivity index is 1.78. The Morgan fingerprint density at radius 3 is 2.73 bits per heavy atom. The van der Waals surface area contributed by atoms with Gasteiger partial charge in [-0.15, -0.1) is 0 Å². The number of carbonyl (C=O) groups is 1. The Hall–Kier alpha value is -2.39. The fourth-order valence-electron chi connectivity index (χ4n) is 2.93. The fourth-order valence-corrected chi connectivity index (χ4v) is 4.59. The van der Waals surface area contributed by atoms with Crippen molar-refractivity contribution in [1.29, 1.82) is 0 Å². The van der Waals surface area contributed by atoms with Gasteiger partial charge in [0.15, 0.2) is 5.82 Å².